The van der Waals surface area contributed by atoms with Crippen molar-refractivity contribution in [3.05, 3.63) is 17.7 Å². The quantitative estimate of drug-likeness (QED) is 0.768. The van der Waals surface area contributed by atoms with Gasteiger partial charge >= 0.3 is 0 Å². The molecule has 0 heterocycles. The van der Waals surface area contributed by atoms with E-state index < -0.39 is 0 Å². The van der Waals surface area contributed by atoms with Crippen LogP contribution in [0.25, 0.3) is 0 Å². The molecule has 0 saturated carbocycles. The first-order valence-electron chi connectivity index (χ1n) is 6.60. The summed E-state index contributed by atoms with van der Waals surface area (Å²) in [6, 6.07) is 3.82. The molecule has 0 unspecified atom stereocenters. The Morgan fingerprint density at radius 1 is 1.10 bits per heavy atom. The lowest BCUT2D eigenvalue weighted by molar-refractivity contribution is -0.129. The molecule has 5 nitrogen and oxygen atoms in total. The van der Waals surface area contributed by atoms with E-state index in [1.165, 1.54) is 0 Å². The van der Waals surface area contributed by atoms with E-state index in [4.69, 9.17) is 14.2 Å². The van der Waals surface area contributed by atoms with E-state index in [2.05, 4.69) is 0 Å². The number of hydrogen-bond acceptors (Lipinski definition) is 4. The summed E-state index contributed by atoms with van der Waals surface area (Å²) in [5.41, 5.74) is 1.04. The van der Waals surface area contributed by atoms with Crippen LogP contribution in [-0.4, -0.2) is 45.7 Å². The number of rotatable bonds is 7. The number of amides is 1. The largest absolute Gasteiger partial charge is 0.493 e. The molecule has 0 fully saturated rings. The zero-order chi connectivity index (χ0) is 15.1. The SMILES string of the molecule is CCC(=O)N(C)CCc1cc(OC)c(OC)c(OC)c1. The Kier molecular flexibility index (Phi) is 6.15. The van der Waals surface area contributed by atoms with E-state index in [-0.39, 0.29) is 5.91 Å². The van der Waals surface area contributed by atoms with Gasteiger partial charge < -0.3 is 19.1 Å². The molecule has 0 aliphatic carbocycles. The van der Waals surface area contributed by atoms with Crippen molar-refractivity contribution in [2.75, 3.05) is 34.9 Å². The number of nitrogens with zero attached hydrogens (tertiary/aromatic N) is 1. The molecule has 0 atom stereocenters. The van der Waals surface area contributed by atoms with Crippen LogP contribution in [0.2, 0.25) is 0 Å². The second-order valence-electron chi connectivity index (χ2n) is 4.45. The highest BCUT2D eigenvalue weighted by molar-refractivity contribution is 5.75. The van der Waals surface area contributed by atoms with Crippen molar-refractivity contribution in [2.24, 2.45) is 0 Å². The molecule has 1 aromatic carbocycles. The highest BCUT2D eigenvalue weighted by Crippen LogP contribution is 2.38. The number of carbonyl (C=O) groups is 1. The summed E-state index contributed by atoms with van der Waals surface area (Å²) in [5.74, 6) is 1.98. The maximum atomic E-state index is 11.5. The van der Waals surface area contributed by atoms with E-state index in [1.54, 1.807) is 26.2 Å². The summed E-state index contributed by atoms with van der Waals surface area (Å²) < 4.78 is 15.9. The fourth-order valence-corrected chi connectivity index (χ4v) is 1.97. The lowest BCUT2D eigenvalue weighted by Gasteiger charge is -2.18. The van der Waals surface area contributed by atoms with Crippen LogP contribution in [0.15, 0.2) is 12.1 Å². The number of benzene rings is 1. The number of carbonyl (C=O) groups excluding carboxylic acids is 1. The number of hydrogen-bond donors (Lipinski definition) is 0. The van der Waals surface area contributed by atoms with Gasteiger partial charge in [0.1, 0.15) is 0 Å². The molecule has 0 radical (unpaired) electrons. The Morgan fingerprint density at radius 3 is 2.05 bits per heavy atom. The summed E-state index contributed by atoms with van der Waals surface area (Å²) in [4.78, 5) is 13.3. The molecule has 0 aliphatic heterocycles. The van der Waals surface area contributed by atoms with Crippen LogP contribution in [0.5, 0.6) is 17.2 Å². The molecule has 0 spiro atoms. The van der Waals surface area contributed by atoms with Crippen LogP contribution in [0.1, 0.15) is 18.9 Å². The molecule has 0 aromatic heterocycles. The summed E-state index contributed by atoms with van der Waals surface area (Å²) in [6.45, 7) is 2.52. The van der Waals surface area contributed by atoms with Crippen molar-refractivity contribution in [1.82, 2.24) is 4.90 Å². The second-order valence-corrected chi connectivity index (χ2v) is 4.45. The van der Waals surface area contributed by atoms with E-state index in [0.29, 0.717) is 30.2 Å². The van der Waals surface area contributed by atoms with Crippen LogP contribution in [-0.2, 0) is 11.2 Å². The van der Waals surface area contributed by atoms with Gasteiger partial charge in [0.2, 0.25) is 11.7 Å². The van der Waals surface area contributed by atoms with Gasteiger partial charge in [0, 0.05) is 20.0 Å². The fourth-order valence-electron chi connectivity index (χ4n) is 1.97. The van der Waals surface area contributed by atoms with Gasteiger partial charge in [-0.2, -0.15) is 0 Å². The highest BCUT2D eigenvalue weighted by atomic mass is 16.5. The maximum Gasteiger partial charge on any atom is 0.222 e. The van der Waals surface area contributed by atoms with Crippen LogP contribution in [0.4, 0.5) is 0 Å². The Labute approximate surface area is 120 Å². The maximum absolute atomic E-state index is 11.5. The number of ether oxygens (including phenoxy) is 3. The third-order valence-corrected chi connectivity index (χ3v) is 3.19. The normalized spacial score (nSPS) is 10.1. The Hall–Kier alpha value is -1.91. The zero-order valence-electron chi connectivity index (χ0n) is 12.9. The molecule has 5 heteroatoms. The predicted octanol–water partition coefficient (Wildman–Crippen LogP) is 2.12. The first kappa shape index (κ1) is 16.1. The van der Waals surface area contributed by atoms with Crippen molar-refractivity contribution in [3.8, 4) is 17.2 Å². The van der Waals surface area contributed by atoms with Gasteiger partial charge in [0.15, 0.2) is 11.5 Å². The number of methoxy groups -OCH3 is 3. The minimum absolute atomic E-state index is 0.137. The molecule has 112 valence electrons. The molecule has 1 amide bonds. The monoisotopic (exact) mass is 281 g/mol. The highest BCUT2D eigenvalue weighted by Gasteiger charge is 2.14. The van der Waals surface area contributed by atoms with E-state index in [1.807, 2.05) is 26.1 Å². The average Bonchev–Trinajstić information content (AvgIpc) is 2.50. The van der Waals surface area contributed by atoms with Gasteiger partial charge in [0.25, 0.3) is 0 Å². The Morgan fingerprint density at radius 2 is 1.65 bits per heavy atom. The van der Waals surface area contributed by atoms with Crippen molar-refractivity contribution < 1.29 is 19.0 Å². The lowest BCUT2D eigenvalue weighted by Crippen LogP contribution is -2.27. The van der Waals surface area contributed by atoms with E-state index >= 15 is 0 Å². The molecular formula is C15H23NO4. The van der Waals surface area contributed by atoms with Gasteiger partial charge in [-0.05, 0) is 24.1 Å². The van der Waals surface area contributed by atoms with Crippen LogP contribution < -0.4 is 14.2 Å². The van der Waals surface area contributed by atoms with E-state index in [0.717, 1.165) is 12.0 Å². The van der Waals surface area contributed by atoms with E-state index in [9.17, 15) is 4.79 Å². The van der Waals surface area contributed by atoms with Gasteiger partial charge in [-0.25, -0.2) is 0 Å². The standard InChI is InChI=1S/C15H23NO4/c1-6-14(17)16(2)8-7-11-9-12(18-3)15(20-5)13(10-11)19-4/h9-10H,6-8H2,1-5H3. The van der Waals surface area contributed by atoms with Crippen molar-refractivity contribution >= 4 is 5.91 Å². The topological polar surface area (TPSA) is 48.0 Å². The summed E-state index contributed by atoms with van der Waals surface area (Å²) in [7, 11) is 6.57. The van der Waals surface area contributed by atoms with Crippen LogP contribution in [0, 0.1) is 0 Å². The Bertz CT molecular complexity index is 434. The van der Waals surface area contributed by atoms with Crippen molar-refractivity contribution in [1.29, 1.82) is 0 Å². The van der Waals surface area contributed by atoms with Crippen molar-refractivity contribution in [2.45, 2.75) is 19.8 Å². The number of likely N-dealkylation sites (N-methyl/N-ethyl adjacent to an activating group) is 1. The minimum Gasteiger partial charge on any atom is -0.493 e. The zero-order valence-corrected chi connectivity index (χ0v) is 12.9. The molecule has 20 heavy (non-hydrogen) atoms. The first-order valence-corrected chi connectivity index (χ1v) is 6.60. The van der Waals surface area contributed by atoms with Gasteiger partial charge in [-0.15, -0.1) is 0 Å². The second kappa shape index (κ2) is 7.62. The molecule has 0 saturated heterocycles. The molecule has 0 aliphatic rings. The summed E-state index contributed by atoms with van der Waals surface area (Å²) >= 11 is 0. The molecule has 0 bridgehead atoms. The fraction of sp³-hybridized carbons (Fsp3) is 0.533. The average molecular weight is 281 g/mol. The van der Waals surface area contributed by atoms with Gasteiger partial charge in [0.05, 0.1) is 21.3 Å². The molecular weight excluding hydrogens is 258 g/mol. The smallest absolute Gasteiger partial charge is 0.222 e. The Balaban J connectivity index is 2.88. The first-order chi connectivity index (χ1) is 9.57. The van der Waals surface area contributed by atoms with Gasteiger partial charge in [-0.3, -0.25) is 4.79 Å². The summed E-state index contributed by atoms with van der Waals surface area (Å²) in [5, 5.41) is 0. The molecule has 1 aromatic rings. The summed E-state index contributed by atoms with van der Waals surface area (Å²) in [6.07, 6.45) is 1.25. The molecule has 0 N–H and O–H groups in total. The third-order valence-electron chi connectivity index (χ3n) is 3.19. The third kappa shape index (κ3) is 3.79. The predicted molar refractivity (Wildman–Crippen MR) is 77.7 cm³/mol. The minimum atomic E-state index is 0.137. The molecule has 1 rings (SSSR count). The van der Waals surface area contributed by atoms with Crippen LogP contribution >= 0.6 is 0 Å². The van der Waals surface area contributed by atoms with Gasteiger partial charge in [-0.1, -0.05) is 6.92 Å². The lowest BCUT2D eigenvalue weighted by atomic mass is 10.1. The van der Waals surface area contributed by atoms with Crippen LogP contribution in [0.3, 0.4) is 0 Å². The van der Waals surface area contributed by atoms with Crippen molar-refractivity contribution in [3.63, 3.8) is 0 Å².